The second kappa shape index (κ2) is 8.23. The van der Waals surface area contributed by atoms with E-state index < -0.39 is 10.0 Å². The lowest BCUT2D eigenvalue weighted by atomic mass is 9.65. The number of benzene rings is 2. The van der Waals surface area contributed by atoms with E-state index in [2.05, 4.69) is 19.2 Å². The van der Waals surface area contributed by atoms with Crippen LogP contribution < -0.4 is 10.1 Å². The number of fused-ring (bicyclic) bond motifs is 4. The third-order valence-electron chi connectivity index (χ3n) is 7.62. The van der Waals surface area contributed by atoms with Gasteiger partial charge in [0, 0.05) is 54.3 Å². The van der Waals surface area contributed by atoms with Crippen LogP contribution in [-0.4, -0.2) is 62.1 Å². The Hall–Kier alpha value is -2.65. The average molecular weight is 488 g/mol. The van der Waals surface area contributed by atoms with E-state index in [1.165, 1.54) is 10.4 Å². The molecule has 7 nitrogen and oxygen atoms in total. The van der Waals surface area contributed by atoms with Gasteiger partial charge in [0.25, 0.3) is 5.91 Å². The summed E-state index contributed by atoms with van der Waals surface area (Å²) in [6.45, 7) is 7.67. The highest BCUT2D eigenvalue weighted by molar-refractivity contribution is 7.89. The molecule has 0 radical (unpaired) electrons. The highest BCUT2D eigenvalue weighted by Gasteiger charge is 2.47. The van der Waals surface area contributed by atoms with Gasteiger partial charge in [-0.25, -0.2) is 12.8 Å². The summed E-state index contributed by atoms with van der Waals surface area (Å²) in [7, 11) is -3.25. The third kappa shape index (κ3) is 3.65. The van der Waals surface area contributed by atoms with Crippen LogP contribution in [0.15, 0.2) is 36.4 Å². The molecular formula is C25H30FN3O4S. The van der Waals surface area contributed by atoms with Crippen molar-refractivity contribution in [3.63, 3.8) is 0 Å². The van der Waals surface area contributed by atoms with E-state index in [1.54, 1.807) is 17.9 Å². The first-order valence-corrected chi connectivity index (χ1v) is 13.3. The van der Waals surface area contributed by atoms with Crippen LogP contribution in [0, 0.1) is 11.7 Å². The van der Waals surface area contributed by atoms with E-state index in [9.17, 15) is 17.6 Å². The molecule has 9 heteroatoms. The Kier molecular flexibility index (Phi) is 5.60. The van der Waals surface area contributed by atoms with Crippen molar-refractivity contribution in [3.05, 3.63) is 58.9 Å². The predicted octanol–water partition coefficient (Wildman–Crippen LogP) is 3.39. The van der Waals surface area contributed by atoms with E-state index >= 15 is 0 Å². The zero-order chi connectivity index (χ0) is 24.3. The first-order chi connectivity index (χ1) is 16.1. The molecule has 2 aromatic carbocycles. The fourth-order valence-electron chi connectivity index (χ4n) is 5.45. The number of piperazine rings is 1. The fourth-order valence-corrected chi connectivity index (χ4v) is 6.53. The molecule has 34 heavy (non-hydrogen) atoms. The smallest absolute Gasteiger partial charge is 0.253 e. The number of hydrogen-bond donors (Lipinski definition) is 1. The van der Waals surface area contributed by atoms with E-state index in [0.29, 0.717) is 44.1 Å². The summed E-state index contributed by atoms with van der Waals surface area (Å²) in [5, 5.41) is 3.57. The van der Waals surface area contributed by atoms with Crippen LogP contribution in [0.1, 0.15) is 48.3 Å². The number of rotatable bonds is 3. The van der Waals surface area contributed by atoms with Crippen molar-refractivity contribution in [3.8, 4) is 5.75 Å². The quantitative estimate of drug-likeness (QED) is 0.718. The van der Waals surface area contributed by atoms with Gasteiger partial charge in [-0.15, -0.1) is 0 Å². The minimum Gasteiger partial charge on any atom is -0.490 e. The number of amides is 1. The van der Waals surface area contributed by atoms with Gasteiger partial charge in [0.05, 0.1) is 18.4 Å². The molecule has 5 rings (SSSR count). The Labute approximate surface area is 199 Å². The van der Waals surface area contributed by atoms with Gasteiger partial charge in [-0.3, -0.25) is 4.79 Å². The SMILES string of the molecule is CCS(=O)(=O)N1CCN(C(=O)c2ccc3c(c2)C(C)(C)[C@@H]2COc4c(F)cccc4[C@H]2N3)CC1. The molecule has 0 unspecified atom stereocenters. The maximum absolute atomic E-state index is 14.3. The monoisotopic (exact) mass is 487 g/mol. The van der Waals surface area contributed by atoms with Crippen molar-refractivity contribution < 1.29 is 22.3 Å². The maximum atomic E-state index is 14.3. The summed E-state index contributed by atoms with van der Waals surface area (Å²) >= 11 is 0. The molecule has 0 aromatic heterocycles. The zero-order valence-electron chi connectivity index (χ0n) is 19.7. The molecule has 1 amide bonds. The summed E-state index contributed by atoms with van der Waals surface area (Å²) in [5.41, 5.74) is 3.03. The van der Waals surface area contributed by atoms with Gasteiger partial charge in [-0.1, -0.05) is 26.0 Å². The van der Waals surface area contributed by atoms with E-state index in [1.807, 2.05) is 24.3 Å². The highest BCUT2D eigenvalue weighted by atomic mass is 32.2. The van der Waals surface area contributed by atoms with E-state index in [4.69, 9.17) is 4.74 Å². The van der Waals surface area contributed by atoms with Crippen molar-refractivity contribution in [2.24, 2.45) is 5.92 Å². The molecule has 2 aromatic rings. The molecule has 0 saturated carbocycles. The number of nitrogens with one attached hydrogen (secondary N) is 1. The molecule has 182 valence electrons. The number of anilines is 1. The number of hydrogen-bond acceptors (Lipinski definition) is 5. The number of carbonyl (C=O) groups excluding carboxylic acids is 1. The maximum Gasteiger partial charge on any atom is 0.253 e. The van der Waals surface area contributed by atoms with E-state index in [-0.39, 0.29) is 34.9 Å². The molecule has 3 aliphatic rings. The fraction of sp³-hybridized carbons (Fsp3) is 0.480. The minimum atomic E-state index is -3.25. The van der Waals surface area contributed by atoms with Crippen molar-refractivity contribution >= 4 is 21.6 Å². The van der Waals surface area contributed by atoms with Gasteiger partial charge in [-0.2, -0.15) is 4.31 Å². The van der Waals surface area contributed by atoms with Crippen molar-refractivity contribution in [1.82, 2.24) is 9.21 Å². The minimum absolute atomic E-state index is 0.0578. The number of halogens is 1. The molecule has 0 spiro atoms. The van der Waals surface area contributed by atoms with Gasteiger partial charge in [0.1, 0.15) is 0 Å². The number of ether oxygens (including phenoxy) is 1. The van der Waals surface area contributed by atoms with Crippen molar-refractivity contribution in [2.45, 2.75) is 32.2 Å². The van der Waals surface area contributed by atoms with Gasteiger partial charge in [-0.05, 0) is 36.8 Å². The van der Waals surface area contributed by atoms with Gasteiger partial charge < -0.3 is 15.0 Å². The molecule has 3 heterocycles. The zero-order valence-corrected chi connectivity index (χ0v) is 20.5. The predicted molar refractivity (Wildman–Crippen MR) is 128 cm³/mol. The Balaban J connectivity index is 1.40. The molecule has 2 atom stereocenters. The number of para-hydroxylation sites is 1. The van der Waals surface area contributed by atoms with Crippen LogP contribution in [0.4, 0.5) is 10.1 Å². The number of sulfonamides is 1. The number of carbonyl (C=O) groups is 1. The van der Waals surface area contributed by atoms with Crippen molar-refractivity contribution in [2.75, 3.05) is 43.9 Å². The van der Waals surface area contributed by atoms with Gasteiger partial charge >= 0.3 is 0 Å². The van der Waals surface area contributed by atoms with Gasteiger partial charge in [0.2, 0.25) is 10.0 Å². The van der Waals surface area contributed by atoms with Crippen LogP contribution >= 0.6 is 0 Å². The third-order valence-corrected chi connectivity index (χ3v) is 9.51. The summed E-state index contributed by atoms with van der Waals surface area (Å²) in [5.74, 6) is -0.0127. The largest absolute Gasteiger partial charge is 0.490 e. The molecular weight excluding hydrogens is 457 g/mol. The second-order valence-electron chi connectivity index (χ2n) is 9.77. The van der Waals surface area contributed by atoms with Gasteiger partial charge in [0.15, 0.2) is 11.6 Å². The lowest BCUT2D eigenvalue weighted by Gasteiger charge is -2.48. The first-order valence-electron chi connectivity index (χ1n) is 11.7. The van der Waals surface area contributed by atoms with Crippen molar-refractivity contribution in [1.29, 1.82) is 0 Å². The summed E-state index contributed by atoms with van der Waals surface area (Å²) in [6.07, 6.45) is 0. The van der Waals surface area contributed by atoms with Crippen LogP contribution in [0.25, 0.3) is 0 Å². The molecule has 1 fully saturated rings. The molecule has 3 aliphatic heterocycles. The Bertz CT molecular complexity index is 1240. The Morgan fingerprint density at radius 1 is 1.18 bits per heavy atom. The Morgan fingerprint density at radius 3 is 2.62 bits per heavy atom. The lowest BCUT2D eigenvalue weighted by molar-refractivity contribution is 0.0697. The molecule has 1 N–H and O–H groups in total. The van der Waals surface area contributed by atoms with Crippen LogP contribution in [0.2, 0.25) is 0 Å². The Morgan fingerprint density at radius 2 is 1.91 bits per heavy atom. The molecule has 0 aliphatic carbocycles. The normalized spacial score (nSPS) is 23.7. The summed E-state index contributed by atoms with van der Waals surface area (Å²) < 4.78 is 45.9. The van der Waals surface area contributed by atoms with Crippen LogP contribution in [-0.2, 0) is 15.4 Å². The lowest BCUT2D eigenvalue weighted by Crippen LogP contribution is -2.51. The average Bonchev–Trinajstić information content (AvgIpc) is 2.84. The summed E-state index contributed by atoms with van der Waals surface area (Å²) in [6, 6.07) is 10.6. The number of nitrogens with zero attached hydrogens (tertiary/aromatic N) is 2. The molecule has 1 saturated heterocycles. The second-order valence-corrected chi connectivity index (χ2v) is 12.0. The van der Waals surface area contributed by atoms with Crippen LogP contribution in [0.3, 0.4) is 0 Å². The molecule has 0 bridgehead atoms. The first kappa shape index (κ1) is 23.1. The summed E-state index contributed by atoms with van der Waals surface area (Å²) in [4.78, 5) is 15.0. The standard InChI is InChI=1S/C25H30FN3O4S/c1-4-34(31,32)29-12-10-28(11-13-29)24(30)16-8-9-21-18(14-16)25(2,3)19-15-33-23-17(22(19)27-21)6-5-7-20(23)26/h5-9,14,19,22,27H,4,10-13,15H2,1-3H3/t19-,22-/m1/s1. The van der Waals surface area contributed by atoms with E-state index in [0.717, 1.165) is 16.8 Å². The van der Waals surface area contributed by atoms with Crippen LogP contribution in [0.5, 0.6) is 5.75 Å². The topological polar surface area (TPSA) is 79.0 Å². The highest BCUT2D eigenvalue weighted by Crippen LogP contribution is 2.52.